The van der Waals surface area contributed by atoms with Gasteiger partial charge in [-0.1, -0.05) is 22.8 Å². The number of aromatic nitrogens is 3. The highest BCUT2D eigenvalue weighted by Gasteiger charge is 2.21. The normalized spacial score (nSPS) is 10.6. The summed E-state index contributed by atoms with van der Waals surface area (Å²) in [6.45, 7) is 1.86. The topological polar surface area (TPSA) is 82.2 Å². The second kappa shape index (κ2) is 6.76. The Kier molecular flexibility index (Phi) is 4.52. The highest BCUT2D eigenvalue weighted by Crippen LogP contribution is 2.21. The first kappa shape index (κ1) is 16.1. The molecule has 0 aliphatic carbocycles. The fourth-order valence-electron chi connectivity index (χ4n) is 2.11. The summed E-state index contributed by atoms with van der Waals surface area (Å²) in [6.07, 6.45) is 1.73. The van der Waals surface area contributed by atoms with Gasteiger partial charge >= 0.3 is 0 Å². The Bertz CT molecular complexity index is 872. The molecule has 0 fully saturated rings. The molecule has 0 saturated carbocycles. The lowest BCUT2D eigenvalue weighted by atomic mass is 10.2. The molecule has 8 heteroatoms. The van der Waals surface area contributed by atoms with Gasteiger partial charge in [-0.25, -0.2) is 0 Å². The molecule has 2 heterocycles. The van der Waals surface area contributed by atoms with E-state index in [1.165, 1.54) is 0 Å². The summed E-state index contributed by atoms with van der Waals surface area (Å²) < 4.78 is 12.4. The Morgan fingerprint density at radius 2 is 2.25 bits per heavy atom. The predicted octanol–water partition coefficient (Wildman–Crippen LogP) is 3.20. The minimum absolute atomic E-state index is 0.140. The number of rotatable bonds is 5. The minimum atomic E-state index is -0.407. The molecule has 1 N–H and O–H groups in total. The Hall–Kier alpha value is -2.80. The van der Waals surface area contributed by atoms with Crippen molar-refractivity contribution in [1.82, 2.24) is 14.9 Å². The van der Waals surface area contributed by atoms with E-state index in [0.29, 0.717) is 27.9 Å². The van der Waals surface area contributed by atoms with E-state index >= 15 is 0 Å². The molecular formula is C16H15ClN4O3. The predicted molar refractivity (Wildman–Crippen MR) is 88.2 cm³/mol. The molecule has 0 radical (unpaired) electrons. The number of benzene rings is 1. The van der Waals surface area contributed by atoms with Crippen molar-refractivity contribution in [2.24, 2.45) is 7.05 Å². The number of nitrogens with one attached hydrogen (secondary N) is 1. The summed E-state index contributed by atoms with van der Waals surface area (Å²) >= 11 is 5.93. The Morgan fingerprint density at radius 3 is 2.96 bits per heavy atom. The van der Waals surface area contributed by atoms with Crippen LogP contribution in [0.25, 0.3) is 0 Å². The zero-order valence-electron chi connectivity index (χ0n) is 13.1. The van der Waals surface area contributed by atoms with Gasteiger partial charge < -0.3 is 14.6 Å². The average molecular weight is 347 g/mol. The second-order valence-corrected chi connectivity index (χ2v) is 5.58. The van der Waals surface area contributed by atoms with E-state index in [-0.39, 0.29) is 12.3 Å². The van der Waals surface area contributed by atoms with E-state index in [4.69, 9.17) is 20.9 Å². The molecule has 2 aromatic heterocycles. The molecule has 0 atom stereocenters. The van der Waals surface area contributed by atoms with Gasteiger partial charge in [0.25, 0.3) is 5.91 Å². The summed E-state index contributed by atoms with van der Waals surface area (Å²) in [4.78, 5) is 12.4. The van der Waals surface area contributed by atoms with Crippen molar-refractivity contribution in [1.29, 1.82) is 0 Å². The van der Waals surface area contributed by atoms with Crippen molar-refractivity contribution in [3.63, 3.8) is 0 Å². The van der Waals surface area contributed by atoms with Crippen LogP contribution in [0.5, 0.6) is 5.75 Å². The van der Waals surface area contributed by atoms with Gasteiger partial charge in [0.05, 0.1) is 5.56 Å². The standard InChI is InChI=1S/C16H15ClN4O3/c1-10-13(9-23-12-5-3-4-11(17)8-12)15(20-24-10)16(22)18-14-6-7-21(2)19-14/h3-8H,9H2,1-2H3,(H,18,19,22). The smallest absolute Gasteiger partial charge is 0.279 e. The van der Waals surface area contributed by atoms with Gasteiger partial charge in [-0.3, -0.25) is 9.48 Å². The highest BCUT2D eigenvalue weighted by atomic mass is 35.5. The number of ether oxygens (including phenoxy) is 1. The van der Waals surface area contributed by atoms with Crippen LogP contribution in [-0.4, -0.2) is 20.8 Å². The summed E-state index contributed by atoms with van der Waals surface area (Å²) in [5.41, 5.74) is 0.739. The summed E-state index contributed by atoms with van der Waals surface area (Å²) in [5.74, 6) is 1.14. The zero-order chi connectivity index (χ0) is 17.1. The molecule has 124 valence electrons. The molecule has 3 rings (SSSR count). The van der Waals surface area contributed by atoms with Crippen molar-refractivity contribution in [2.45, 2.75) is 13.5 Å². The number of carbonyl (C=O) groups excluding carboxylic acids is 1. The molecule has 0 aliphatic rings. The molecule has 0 aliphatic heterocycles. The maximum absolute atomic E-state index is 12.4. The second-order valence-electron chi connectivity index (χ2n) is 5.14. The quantitative estimate of drug-likeness (QED) is 0.767. The van der Waals surface area contributed by atoms with Crippen LogP contribution in [0, 0.1) is 6.92 Å². The number of carbonyl (C=O) groups is 1. The molecule has 7 nitrogen and oxygen atoms in total. The van der Waals surface area contributed by atoms with Crippen molar-refractivity contribution in [3.8, 4) is 5.75 Å². The van der Waals surface area contributed by atoms with Gasteiger partial charge in [-0.05, 0) is 25.1 Å². The number of amides is 1. The maximum Gasteiger partial charge on any atom is 0.279 e. The summed E-state index contributed by atoms with van der Waals surface area (Å²) in [6, 6.07) is 8.70. The monoisotopic (exact) mass is 346 g/mol. The summed E-state index contributed by atoms with van der Waals surface area (Å²) in [5, 5.41) is 11.2. The van der Waals surface area contributed by atoms with Crippen LogP contribution >= 0.6 is 11.6 Å². The van der Waals surface area contributed by atoms with Gasteiger partial charge in [0.2, 0.25) is 0 Å². The van der Waals surface area contributed by atoms with Crippen molar-refractivity contribution >= 4 is 23.3 Å². The number of anilines is 1. The molecule has 0 spiro atoms. The molecule has 0 bridgehead atoms. The lowest BCUT2D eigenvalue weighted by molar-refractivity contribution is 0.101. The molecule has 24 heavy (non-hydrogen) atoms. The fourth-order valence-corrected chi connectivity index (χ4v) is 2.29. The first-order valence-corrected chi connectivity index (χ1v) is 7.55. The van der Waals surface area contributed by atoms with E-state index in [9.17, 15) is 4.79 Å². The first-order chi connectivity index (χ1) is 11.5. The highest BCUT2D eigenvalue weighted by molar-refractivity contribution is 6.30. The number of hydrogen-bond acceptors (Lipinski definition) is 5. The third-order valence-electron chi connectivity index (χ3n) is 3.33. The molecular weight excluding hydrogens is 332 g/mol. The minimum Gasteiger partial charge on any atom is -0.489 e. The average Bonchev–Trinajstić information content (AvgIpc) is 3.11. The number of nitrogens with zero attached hydrogens (tertiary/aromatic N) is 3. The van der Waals surface area contributed by atoms with Crippen LogP contribution in [0.1, 0.15) is 21.8 Å². The first-order valence-electron chi connectivity index (χ1n) is 7.17. The lowest BCUT2D eigenvalue weighted by Gasteiger charge is -2.07. The van der Waals surface area contributed by atoms with E-state index in [0.717, 1.165) is 0 Å². The fraction of sp³-hybridized carbons (Fsp3) is 0.188. The maximum atomic E-state index is 12.4. The van der Waals surface area contributed by atoms with E-state index in [1.807, 2.05) is 0 Å². The molecule has 0 unspecified atom stereocenters. The molecule has 0 saturated heterocycles. The molecule has 3 aromatic rings. The van der Waals surface area contributed by atoms with Crippen LogP contribution in [0.15, 0.2) is 41.1 Å². The van der Waals surface area contributed by atoms with Gasteiger partial charge in [0.15, 0.2) is 11.5 Å². The van der Waals surface area contributed by atoms with Gasteiger partial charge in [0, 0.05) is 24.3 Å². The SMILES string of the molecule is Cc1onc(C(=O)Nc2ccn(C)n2)c1COc1cccc(Cl)c1. The van der Waals surface area contributed by atoms with E-state index in [2.05, 4.69) is 15.6 Å². The van der Waals surface area contributed by atoms with Crippen LogP contribution < -0.4 is 10.1 Å². The van der Waals surface area contributed by atoms with Crippen molar-refractivity contribution in [2.75, 3.05) is 5.32 Å². The van der Waals surface area contributed by atoms with Crippen molar-refractivity contribution < 1.29 is 14.1 Å². The Balaban J connectivity index is 1.74. The largest absolute Gasteiger partial charge is 0.489 e. The van der Waals surface area contributed by atoms with Crippen LogP contribution in [0.4, 0.5) is 5.82 Å². The van der Waals surface area contributed by atoms with Gasteiger partial charge in [-0.15, -0.1) is 0 Å². The lowest BCUT2D eigenvalue weighted by Crippen LogP contribution is -2.16. The number of halogens is 1. The zero-order valence-corrected chi connectivity index (χ0v) is 13.9. The third-order valence-corrected chi connectivity index (χ3v) is 3.57. The van der Waals surface area contributed by atoms with Crippen LogP contribution in [0.2, 0.25) is 5.02 Å². The van der Waals surface area contributed by atoms with Crippen LogP contribution in [-0.2, 0) is 13.7 Å². The van der Waals surface area contributed by atoms with E-state index < -0.39 is 5.91 Å². The van der Waals surface area contributed by atoms with E-state index in [1.54, 1.807) is 55.2 Å². The number of hydrogen-bond donors (Lipinski definition) is 1. The van der Waals surface area contributed by atoms with Gasteiger partial charge in [0.1, 0.15) is 18.1 Å². The number of aryl methyl sites for hydroxylation is 2. The Morgan fingerprint density at radius 1 is 1.42 bits per heavy atom. The molecule has 1 aromatic carbocycles. The van der Waals surface area contributed by atoms with Crippen molar-refractivity contribution in [3.05, 3.63) is 58.6 Å². The molecule has 1 amide bonds. The third kappa shape index (κ3) is 3.57. The van der Waals surface area contributed by atoms with Gasteiger partial charge in [-0.2, -0.15) is 5.10 Å². The van der Waals surface area contributed by atoms with Crippen LogP contribution in [0.3, 0.4) is 0 Å². The summed E-state index contributed by atoms with van der Waals surface area (Å²) in [7, 11) is 1.76. The Labute approximate surface area is 143 Å².